The summed E-state index contributed by atoms with van der Waals surface area (Å²) in [5, 5.41) is 0. The molecule has 1 nitrogen and oxygen atoms in total. The second kappa shape index (κ2) is 5.16. The average Bonchev–Trinajstić information content (AvgIpc) is 2.27. The van der Waals surface area contributed by atoms with Crippen LogP contribution in [0.4, 0.5) is 0 Å². The van der Waals surface area contributed by atoms with Crippen LogP contribution in [-0.2, 0) is 0 Å². The van der Waals surface area contributed by atoms with Crippen molar-refractivity contribution >= 4 is 0 Å². The van der Waals surface area contributed by atoms with Gasteiger partial charge < -0.3 is 5.73 Å². The van der Waals surface area contributed by atoms with E-state index < -0.39 is 0 Å². The fourth-order valence-electron chi connectivity index (χ4n) is 1.57. The number of quaternary nitrogens is 1. The third kappa shape index (κ3) is 2.58. The predicted octanol–water partition coefficient (Wildman–Crippen LogP) is 2.89. The Bertz CT molecular complexity index is 234. The SMILES string of the molecule is CC[C@@H]([NH3+])c1ccc([C@@H](C)CC)cc1. The minimum Gasteiger partial charge on any atom is -0.351 e. The van der Waals surface area contributed by atoms with E-state index >= 15 is 0 Å². The summed E-state index contributed by atoms with van der Waals surface area (Å²) in [6.45, 7) is 6.69. The molecular formula is C13H22N+. The molecule has 0 unspecified atom stereocenters. The maximum absolute atomic E-state index is 4.12. The van der Waals surface area contributed by atoms with Crippen molar-refractivity contribution in [3.8, 4) is 0 Å². The van der Waals surface area contributed by atoms with E-state index in [1.165, 1.54) is 17.5 Å². The summed E-state index contributed by atoms with van der Waals surface area (Å²) in [5.74, 6) is 0.675. The summed E-state index contributed by atoms with van der Waals surface area (Å²) in [4.78, 5) is 0. The third-order valence-corrected chi connectivity index (χ3v) is 3.08. The molecule has 3 N–H and O–H groups in total. The molecule has 14 heavy (non-hydrogen) atoms. The lowest BCUT2D eigenvalue weighted by Gasteiger charge is -2.11. The quantitative estimate of drug-likeness (QED) is 0.759. The maximum atomic E-state index is 4.12. The monoisotopic (exact) mass is 192 g/mol. The molecule has 0 aromatic heterocycles. The molecule has 1 rings (SSSR count). The van der Waals surface area contributed by atoms with Crippen LogP contribution in [-0.4, -0.2) is 0 Å². The van der Waals surface area contributed by atoms with Gasteiger partial charge in [-0.3, -0.25) is 0 Å². The van der Waals surface area contributed by atoms with Gasteiger partial charge in [0.2, 0.25) is 0 Å². The first kappa shape index (κ1) is 11.3. The van der Waals surface area contributed by atoms with Gasteiger partial charge in [-0.25, -0.2) is 0 Å². The van der Waals surface area contributed by atoms with E-state index in [0.717, 1.165) is 6.42 Å². The Kier molecular flexibility index (Phi) is 4.15. The highest BCUT2D eigenvalue weighted by Gasteiger charge is 2.07. The predicted molar refractivity (Wildman–Crippen MR) is 61.1 cm³/mol. The summed E-state index contributed by atoms with van der Waals surface area (Å²) in [7, 11) is 0. The van der Waals surface area contributed by atoms with E-state index in [1.807, 2.05) is 0 Å². The van der Waals surface area contributed by atoms with Crippen molar-refractivity contribution in [2.45, 2.75) is 45.6 Å². The Morgan fingerprint density at radius 3 is 1.93 bits per heavy atom. The average molecular weight is 192 g/mol. The number of benzene rings is 1. The molecule has 1 aromatic rings. The smallest absolute Gasteiger partial charge is 0.110 e. The molecule has 78 valence electrons. The second-order valence-corrected chi connectivity index (χ2v) is 4.08. The van der Waals surface area contributed by atoms with Crippen LogP contribution in [0.15, 0.2) is 24.3 Å². The lowest BCUT2D eigenvalue weighted by atomic mass is 9.96. The molecule has 0 radical (unpaired) electrons. The van der Waals surface area contributed by atoms with E-state index in [1.54, 1.807) is 0 Å². The number of rotatable bonds is 4. The van der Waals surface area contributed by atoms with Crippen molar-refractivity contribution in [2.24, 2.45) is 0 Å². The van der Waals surface area contributed by atoms with Gasteiger partial charge in [-0.15, -0.1) is 0 Å². The highest BCUT2D eigenvalue weighted by atomic mass is 14.6. The van der Waals surface area contributed by atoms with Gasteiger partial charge >= 0.3 is 0 Å². The van der Waals surface area contributed by atoms with Gasteiger partial charge in [0.25, 0.3) is 0 Å². The maximum Gasteiger partial charge on any atom is 0.110 e. The highest BCUT2D eigenvalue weighted by Crippen LogP contribution is 2.20. The molecule has 2 atom stereocenters. The molecule has 0 heterocycles. The summed E-state index contributed by atoms with van der Waals surface area (Å²) < 4.78 is 0. The number of hydrogen-bond donors (Lipinski definition) is 1. The van der Waals surface area contributed by atoms with E-state index in [4.69, 9.17) is 0 Å². The standard InChI is InChI=1S/C13H21N/c1-4-10(3)11-6-8-12(9-7-11)13(14)5-2/h6-10,13H,4-5,14H2,1-3H3/p+1/t10-,13+/m0/s1. The normalized spacial score (nSPS) is 15.1. The zero-order chi connectivity index (χ0) is 10.6. The number of hydrogen-bond acceptors (Lipinski definition) is 0. The minimum atomic E-state index is 0.445. The van der Waals surface area contributed by atoms with Crippen molar-refractivity contribution in [3.63, 3.8) is 0 Å². The topological polar surface area (TPSA) is 27.6 Å². The molecule has 0 aliphatic carbocycles. The van der Waals surface area contributed by atoms with Crippen LogP contribution in [0.2, 0.25) is 0 Å². The van der Waals surface area contributed by atoms with Crippen LogP contribution in [0.3, 0.4) is 0 Å². The van der Waals surface area contributed by atoms with Crippen LogP contribution < -0.4 is 5.73 Å². The Hall–Kier alpha value is -0.820. The zero-order valence-corrected chi connectivity index (χ0v) is 9.59. The van der Waals surface area contributed by atoms with Crippen LogP contribution in [0, 0.1) is 0 Å². The molecule has 0 amide bonds. The highest BCUT2D eigenvalue weighted by molar-refractivity contribution is 5.26. The molecule has 1 aromatic carbocycles. The van der Waals surface area contributed by atoms with Crippen molar-refractivity contribution in [3.05, 3.63) is 35.4 Å². The molecule has 0 fully saturated rings. The fourth-order valence-corrected chi connectivity index (χ4v) is 1.57. The molecule has 0 aliphatic rings. The second-order valence-electron chi connectivity index (χ2n) is 4.08. The van der Waals surface area contributed by atoms with Gasteiger partial charge in [0.15, 0.2) is 0 Å². The van der Waals surface area contributed by atoms with Crippen LogP contribution in [0.5, 0.6) is 0 Å². The lowest BCUT2D eigenvalue weighted by Crippen LogP contribution is -2.53. The van der Waals surface area contributed by atoms with Gasteiger partial charge in [-0.1, -0.05) is 45.0 Å². The summed E-state index contributed by atoms with van der Waals surface area (Å²) in [6, 6.07) is 9.39. The van der Waals surface area contributed by atoms with Crippen LogP contribution in [0.25, 0.3) is 0 Å². The Morgan fingerprint density at radius 2 is 1.50 bits per heavy atom. The van der Waals surface area contributed by atoms with Crippen LogP contribution >= 0.6 is 0 Å². The van der Waals surface area contributed by atoms with Crippen LogP contribution in [0.1, 0.15) is 56.7 Å². The molecule has 0 bridgehead atoms. The van der Waals surface area contributed by atoms with E-state index in [2.05, 4.69) is 50.8 Å². The minimum absolute atomic E-state index is 0.445. The first-order valence-corrected chi connectivity index (χ1v) is 5.62. The van der Waals surface area contributed by atoms with Gasteiger partial charge in [0, 0.05) is 12.0 Å². The van der Waals surface area contributed by atoms with Crippen molar-refractivity contribution < 1.29 is 5.73 Å². The van der Waals surface area contributed by atoms with Gasteiger partial charge in [0.1, 0.15) is 6.04 Å². The first-order valence-electron chi connectivity index (χ1n) is 5.62. The third-order valence-electron chi connectivity index (χ3n) is 3.08. The van der Waals surface area contributed by atoms with E-state index in [9.17, 15) is 0 Å². The van der Waals surface area contributed by atoms with Crippen molar-refractivity contribution in [2.75, 3.05) is 0 Å². The van der Waals surface area contributed by atoms with Gasteiger partial charge in [-0.2, -0.15) is 0 Å². The molecule has 0 spiro atoms. The molecule has 0 saturated carbocycles. The zero-order valence-electron chi connectivity index (χ0n) is 9.59. The molecule has 0 saturated heterocycles. The molecule has 1 heteroatoms. The Balaban J connectivity index is 2.78. The Labute approximate surface area is 87.3 Å². The first-order chi connectivity index (χ1) is 6.69. The summed E-state index contributed by atoms with van der Waals surface area (Å²) in [6.07, 6.45) is 2.32. The van der Waals surface area contributed by atoms with Gasteiger partial charge in [0.05, 0.1) is 0 Å². The summed E-state index contributed by atoms with van der Waals surface area (Å²) in [5.41, 5.74) is 6.93. The largest absolute Gasteiger partial charge is 0.351 e. The van der Waals surface area contributed by atoms with Crippen molar-refractivity contribution in [1.82, 2.24) is 0 Å². The van der Waals surface area contributed by atoms with E-state index in [-0.39, 0.29) is 0 Å². The lowest BCUT2D eigenvalue weighted by molar-refractivity contribution is -0.427. The van der Waals surface area contributed by atoms with Gasteiger partial charge in [-0.05, 0) is 17.9 Å². The Morgan fingerprint density at radius 1 is 1.00 bits per heavy atom. The van der Waals surface area contributed by atoms with E-state index in [0.29, 0.717) is 12.0 Å². The molecule has 0 aliphatic heterocycles. The molecular weight excluding hydrogens is 170 g/mol. The fraction of sp³-hybridized carbons (Fsp3) is 0.538. The summed E-state index contributed by atoms with van der Waals surface area (Å²) >= 11 is 0. The van der Waals surface area contributed by atoms with Crippen molar-refractivity contribution in [1.29, 1.82) is 0 Å².